The van der Waals surface area contributed by atoms with Crippen molar-refractivity contribution in [3.63, 3.8) is 0 Å². The fourth-order valence-corrected chi connectivity index (χ4v) is 5.16. The van der Waals surface area contributed by atoms with Crippen LogP contribution in [0.3, 0.4) is 0 Å². The lowest BCUT2D eigenvalue weighted by Gasteiger charge is -2.36. The third-order valence-corrected chi connectivity index (χ3v) is 7.02. The Hall–Kier alpha value is -3.72. The molecule has 1 amide bonds. The maximum Gasteiger partial charge on any atom is 0.266 e. The van der Waals surface area contributed by atoms with E-state index in [1.807, 2.05) is 55.6 Å². The van der Waals surface area contributed by atoms with Gasteiger partial charge in [-0.2, -0.15) is 0 Å². The SMILES string of the molecule is COc1ccccc1NC(=O)c1sc2ncnc(N3CCN(c4ccccn4)CC3)c2c1C. The number of methoxy groups -OCH3 is 1. The molecule has 168 valence electrons. The molecule has 8 nitrogen and oxygen atoms in total. The molecule has 0 bridgehead atoms. The lowest BCUT2D eigenvalue weighted by Crippen LogP contribution is -2.47. The second-order valence-corrected chi connectivity index (χ2v) is 8.75. The fourth-order valence-electron chi connectivity index (χ4n) is 4.12. The van der Waals surface area contributed by atoms with Crippen molar-refractivity contribution in [1.82, 2.24) is 15.0 Å². The van der Waals surface area contributed by atoms with Gasteiger partial charge in [0.1, 0.15) is 28.5 Å². The number of nitrogens with zero attached hydrogens (tertiary/aromatic N) is 5. The summed E-state index contributed by atoms with van der Waals surface area (Å²) in [5.41, 5.74) is 1.53. The van der Waals surface area contributed by atoms with Crippen molar-refractivity contribution >= 4 is 44.8 Å². The van der Waals surface area contributed by atoms with Gasteiger partial charge >= 0.3 is 0 Å². The van der Waals surface area contributed by atoms with Crippen LogP contribution in [0.2, 0.25) is 0 Å². The molecular weight excluding hydrogens is 436 g/mol. The maximum atomic E-state index is 13.1. The van der Waals surface area contributed by atoms with Crippen LogP contribution in [0, 0.1) is 6.92 Å². The minimum atomic E-state index is -0.175. The van der Waals surface area contributed by atoms with Crippen LogP contribution in [0.25, 0.3) is 10.2 Å². The van der Waals surface area contributed by atoms with Gasteiger partial charge < -0.3 is 19.9 Å². The lowest BCUT2D eigenvalue weighted by atomic mass is 10.1. The van der Waals surface area contributed by atoms with Gasteiger partial charge in [0, 0.05) is 32.4 Å². The highest BCUT2D eigenvalue weighted by Crippen LogP contribution is 2.36. The summed E-state index contributed by atoms with van der Waals surface area (Å²) in [6, 6.07) is 13.4. The van der Waals surface area contributed by atoms with E-state index in [0.717, 1.165) is 53.6 Å². The summed E-state index contributed by atoms with van der Waals surface area (Å²) in [6.07, 6.45) is 3.41. The number of aromatic nitrogens is 3. The van der Waals surface area contributed by atoms with Crippen LogP contribution < -0.4 is 19.9 Å². The first-order chi connectivity index (χ1) is 16.2. The highest BCUT2D eigenvalue weighted by atomic mass is 32.1. The smallest absolute Gasteiger partial charge is 0.266 e. The summed E-state index contributed by atoms with van der Waals surface area (Å²) >= 11 is 1.39. The van der Waals surface area contributed by atoms with Gasteiger partial charge in [0.15, 0.2) is 0 Å². The average molecular weight is 461 g/mol. The number of carbonyl (C=O) groups is 1. The molecule has 1 N–H and O–H groups in total. The molecule has 0 spiro atoms. The molecule has 33 heavy (non-hydrogen) atoms. The zero-order chi connectivity index (χ0) is 22.8. The van der Waals surface area contributed by atoms with E-state index in [-0.39, 0.29) is 5.91 Å². The average Bonchev–Trinajstić information content (AvgIpc) is 3.22. The number of nitrogens with one attached hydrogen (secondary N) is 1. The number of fused-ring (bicyclic) bond motifs is 1. The normalized spacial score (nSPS) is 13.9. The number of thiophene rings is 1. The fraction of sp³-hybridized carbons (Fsp3) is 0.250. The highest BCUT2D eigenvalue weighted by molar-refractivity contribution is 7.20. The van der Waals surface area contributed by atoms with E-state index in [4.69, 9.17) is 4.74 Å². The predicted molar refractivity (Wildman–Crippen MR) is 132 cm³/mol. The minimum Gasteiger partial charge on any atom is -0.495 e. The topological polar surface area (TPSA) is 83.5 Å². The number of aryl methyl sites for hydroxylation is 1. The number of piperazine rings is 1. The number of para-hydroxylation sites is 2. The Labute approximate surface area is 195 Å². The summed E-state index contributed by atoms with van der Waals surface area (Å²) in [4.78, 5) is 32.7. The van der Waals surface area contributed by atoms with E-state index in [9.17, 15) is 4.79 Å². The first-order valence-corrected chi connectivity index (χ1v) is 11.6. The minimum absolute atomic E-state index is 0.175. The number of anilines is 3. The highest BCUT2D eigenvalue weighted by Gasteiger charge is 2.25. The second-order valence-electron chi connectivity index (χ2n) is 7.75. The number of rotatable bonds is 5. The first-order valence-electron chi connectivity index (χ1n) is 10.7. The Kier molecular flexibility index (Phi) is 5.78. The molecular formula is C24H24N6O2S. The molecule has 9 heteroatoms. The van der Waals surface area contributed by atoms with Gasteiger partial charge in [0.2, 0.25) is 0 Å². The monoisotopic (exact) mass is 460 g/mol. The summed E-state index contributed by atoms with van der Waals surface area (Å²) in [5.74, 6) is 2.32. The molecule has 1 fully saturated rings. The van der Waals surface area contributed by atoms with Crippen LogP contribution in [0.5, 0.6) is 5.75 Å². The second kappa shape index (κ2) is 9.03. The summed E-state index contributed by atoms with van der Waals surface area (Å²) in [5, 5.41) is 3.92. The van der Waals surface area contributed by atoms with Crippen LogP contribution >= 0.6 is 11.3 Å². The Bertz CT molecular complexity index is 1280. The van der Waals surface area contributed by atoms with Crippen LogP contribution in [0.4, 0.5) is 17.3 Å². The first kappa shape index (κ1) is 21.1. The number of hydrogen-bond acceptors (Lipinski definition) is 8. The Balaban J connectivity index is 1.40. The largest absolute Gasteiger partial charge is 0.495 e. The van der Waals surface area contributed by atoms with Gasteiger partial charge in [-0.05, 0) is 36.8 Å². The van der Waals surface area contributed by atoms with Gasteiger partial charge in [-0.1, -0.05) is 18.2 Å². The number of amides is 1. The van der Waals surface area contributed by atoms with E-state index in [1.54, 1.807) is 13.4 Å². The van der Waals surface area contributed by atoms with Gasteiger partial charge in [0.25, 0.3) is 5.91 Å². The lowest BCUT2D eigenvalue weighted by molar-refractivity contribution is 0.102. The molecule has 4 aromatic rings. The zero-order valence-electron chi connectivity index (χ0n) is 18.5. The third kappa shape index (κ3) is 4.07. The van der Waals surface area contributed by atoms with Crippen molar-refractivity contribution in [2.24, 2.45) is 0 Å². The molecule has 5 rings (SSSR count). The number of ether oxygens (including phenoxy) is 1. The van der Waals surface area contributed by atoms with Crippen LogP contribution in [0.15, 0.2) is 55.0 Å². The summed E-state index contributed by atoms with van der Waals surface area (Å²) in [6.45, 7) is 5.31. The van der Waals surface area contributed by atoms with Gasteiger partial charge in [-0.3, -0.25) is 4.79 Å². The molecule has 1 saturated heterocycles. The van der Waals surface area contributed by atoms with E-state index in [2.05, 4.69) is 30.1 Å². The summed E-state index contributed by atoms with van der Waals surface area (Å²) < 4.78 is 5.36. The molecule has 0 aliphatic carbocycles. The number of benzene rings is 1. The summed E-state index contributed by atoms with van der Waals surface area (Å²) in [7, 11) is 1.59. The van der Waals surface area contributed by atoms with E-state index >= 15 is 0 Å². The Morgan fingerprint density at radius 1 is 1.00 bits per heavy atom. The maximum absolute atomic E-state index is 13.1. The zero-order valence-corrected chi connectivity index (χ0v) is 19.3. The third-order valence-electron chi connectivity index (χ3n) is 5.82. The number of hydrogen-bond donors (Lipinski definition) is 1. The molecule has 0 saturated carbocycles. The molecule has 1 aliphatic rings. The standard InChI is InChI=1S/C24H24N6O2S/c1-16-20-22(30-13-11-29(12-14-30)19-9-5-6-10-25-19)26-15-27-24(20)33-21(16)23(31)28-17-7-3-4-8-18(17)32-2/h3-10,15H,11-14H2,1-2H3,(H,28,31). The van der Waals surface area contributed by atoms with Gasteiger partial charge in [-0.25, -0.2) is 15.0 Å². The molecule has 0 atom stereocenters. The van der Waals surface area contributed by atoms with Crippen molar-refractivity contribution in [2.75, 3.05) is 48.4 Å². The van der Waals surface area contributed by atoms with Crippen LogP contribution in [-0.2, 0) is 0 Å². The van der Waals surface area contributed by atoms with Gasteiger partial charge in [0.05, 0.1) is 23.1 Å². The van der Waals surface area contributed by atoms with Crippen molar-refractivity contribution < 1.29 is 9.53 Å². The molecule has 1 aromatic carbocycles. The quantitative estimate of drug-likeness (QED) is 0.482. The van der Waals surface area contributed by atoms with Crippen molar-refractivity contribution in [1.29, 1.82) is 0 Å². The van der Waals surface area contributed by atoms with E-state index in [1.165, 1.54) is 11.3 Å². The molecule has 4 heterocycles. The van der Waals surface area contributed by atoms with Crippen molar-refractivity contribution in [3.8, 4) is 5.75 Å². The Morgan fingerprint density at radius 3 is 2.52 bits per heavy atom. The van der Waals surface area contributed by atoms with E-state index in [0.29, 0.717) is 16.3 Å². The van der Waals surface area contributed by atoms with Crippen molar-refractivity contribution in [3.05, 3.63) is 65.4 Å². The Morgan fingerprint density at radius 2 is 1.76 bits per heavy atom. The van der Waals surface area contributed by atoms with Crippen LogP contribution in [0.1, 0.15) is 15.2 Å². The van der Waals surface area contributed by atoms with Crippen molar-refractivity contribution in [2.45, 2.75) is 6.92 Å². The molecule has 3 aromatic heterocycles. The molecule has 0 unspecified atom stereocenters. The molecule has 0 radical (unpaired) electrons. The predicted octanol–water partition coefficient (Wildman–Crippen LogP) is 3.98. The van der Waals surface area contributed by atoms with E-state index < -0.39 is 0 Å². The van der Waals surface area contributed by atoms with Crippen LogP contribution in [-0.4, -0.2) is 54.1 Å². The van der Waals surface area contributed by atoms with Gasteiger partial charge in [-0.15, -0.1) is 11.3 Å². The number of pyridine rings is 1. The number of carbonyl (C=O) groups excluding carboxylic acids is 1. The molecule has 1 aliphatic heterocycles.